The fourth-order valence-electron chi connectivity index (χ4n) is 3.48. The Bertz CT molecular complexity index is 1110. The standard InChI is InChI=1S/C22H22N4OS/c1-15-5-4-6-17(13-15)27-11-12-28-22-25-24-21(26(22)16-9-10-16)19-14-23-20-8-3-2-7-18(19)20/h2-8,13-14,16,23H,9-12H2,1H3. The summed E-state index contributed by atoms with van der Waals surface area (Å²) in [5.41, 5.74) is 3.46. The minimum absolute atomic E-state index is 0.513. The van der Waals surface area contributed by atoms with Crippen LogP contribution in [0.25, 0.3) is 22.3 Å². The molecule has 1 aliphatic rings. The van der Waals surface area contributed by atoms with E-state index in [1.807, 2.05) is 24.4 Å². The normalized spacial score (nSPS) is 13.9. The van der Waals surface area contributed by atoms with E-state index < -0.39 is 0 Å². The lowest BCUT2D eigenvalue weighted by Crippen LogP contribution is -2.03. The predicted octanol–water partition coefficient (Wildman–Crippen LogP) is 5.24. The number of aromatic amines is 1. The maximum Gasteiger partial charge on any atom is 0.191 e. The van der Waals surface area contributed by atoms with Gasteiger partial charge in [0.05, 0.1) is 6.61 Å². The number of H-pyrrole nitrogens is 1. The van der Waals surface area contributed by atoms with Crippen LogP contribution in [-0.4, -0.2) is 32.1 Å². The zero-order valence-electron chi connectivity index (χ0n) is 15.8. The van der Waals surface area contributed by atoms with Crippen LogP contribution < -0.4 is 4.74 Å². The molecule has 2 aromatic heterocycles. The number of aromatic nitrogens is 4. The minimum Gasteiger partial charge on any atom is -0.493 e. The van der Waals surface area contributed by atoms with Gasteiger partial charge in [-0.3, -0.25) is 4.57 Å². The molecule has 0 atom stereocenters. The molecule has 0 aliphatic heterocycles. The van der Waals surface area contributed by atoms with Gasteiger partial charge in [-0.25, -0.2) is 0 Å². The number of aryl methyl sites for hydroxylation is 1. The average molecular weight is 391 g/mol. The van der Waals surface area contributed by atoms with Crippen molar-refractivity contribution in [1.82, 2.24) is 19.7 Å². The first kappa shape index (κ1) is 17.4. The van der Waals surface area contributed by atoms with Gasteiger partial charge >= 0.3 is 0 Å². The summed E-state index contributed by atoms with van der Waals surface area (Å²) in [5.74, 6) is 2.72. The van der Waals surface area contributed by atoms with Crippen LogP contribution in [0, 0.1) is 6.92 Å². The molecule has 1 aliphatic carbocycles. The van der Waals surface area contributed by atoms with E-state index in [-0.39, 0.29) is 0 Å². The van der Waals surface area contributed by atoms with Gasteiger partial charge in [0.2, 0.25) is 0 Å². The monoisotopic (exact) mass is 390 g/mol. The summed E-state index contributed by atoms with van der Waals surface area (Å²) in [6.07, 6.45) is 4.43. The first-order chi connectivity index (χ1) is 13.8. The van der Waals surface area contributed by atoms with E-state index in [0.29, 0.717) is 12.6 Å². The second kappa shape index (κ2) is 7.36. The molecule has 2 aromatic carbocycles. The lowest BCUT2D eigenvalue weighted by atomic mass is 10.1. The number of ether oxygens (including phenoxy) is 1. The molecule has 1 saturated carbocycles. The molecule has 28 heavy (non-hydrogen) atoms. The highest BCUT2D eigenvalue weighted by Crippen LogP contribution is 2.42. The Labute approximate surface area is 168 Å². The Morgan fingerprint density at radius 2 is 2.04 bits per heavy atom. The number of nitrogens with zero attached hydrogens (tertiary/aromatic N) is 3. The van der Waals surface area contributed by atoms with Crippen molar-refractivity contribution in [3.63, 3.8) is 0 Å². The number of hydrogen-bond acceptors (Lipinski definition) is 4. The molecule has 0 unspecified atom stereocenters. The molecule has 5 rings (SSSR count). The van der Waals surface area contributed by atoms with Crippen molar-refractivity contribution in [3.05, 3.63) is 60.3 Å². The zero-order valence-corrected chi connectivity index (χ0v) is 16.6. The van der Waals surface area contributed by atoms with Gasteiger partial charge in [0.15, 0.2) is 11.0 Å². The number of benzene rings is 2. The summed E-state index contributed by atoms with van der Waals surface area (Å²) in [6.45, 7) is 2.72. The smallest absolute Gasteiger partial charge is 0.191 e. The first-order valence-corrected chi connectivity index (χ1v) is 10.6. The Hall–Kier alpha value is -2.73. The third-order valence-electron chi connectivity index (χ3n) is 4.98. The lowest BCUT2D eigenvalue weighted by molar-refractivity contribution is 0.343. The van der Waals surface area contributed by atoms with Gasteiger partial charge in [0.1, 0.15) is 5.75 Å². The van der Waals surface area contributed by atoms with E-state index in [9.17, 15) is 0 Å². The average Bonchev–Trinajstić information content (AvgIpc) is 3.32. The third kappa shape index (κ3) is 3.40. The summed E-state index contributed by atoms with van der Waals surface area (Å²) in [7, 11) is 0. The molecule has 0 amide bonds. The van der Waals surface area contributed by atoms with Crippen LogP contribution in [0.2, 0.25) is 0 Å². The molecule has 0 radical (unpaired) electrons. The first-order valence-electron chi connectivity index (χ1n) is 9.63. The van der Waals surface area contributed by atoms with E-state index in [2.05, 4.69) is 57.0 Å². The number of thioether (sulfide) groups is 1. The van der Waals surface area contributed by atoms with Crippen LogP contribution in [0.15, 0.2) is 59.9 Å². The van der Waals surface area contributed by atoms with Crippen molar-refractivity contribution in [2.75, 3.05) is 12.4 Å². The molecular formula is C22H22N4OS. The predicted molar refractivity (Wildman–Crippen MR) is 113 cm³/mol. The highest BCUT2D eigenvalue weighted by atomic mass is 32.2. The number of rotatable bonds is 7. The molecule has 0 bridgehead atoms. The lowest BCUT2D eigenvalue weighted by Gasteiger charge is -2.09. The Morgan fingerprint density at radius 3 is 2.89 bits per heavy atom. The Kier molecular flexibility index (Phi) is 4.56. The van der Waals surface area contributed by atoms with Crippen LogP contribution in [0.5, 0.6) is 5.75 Å². The zero-order chi connectivity index (χ0) is 18.9. The summed E-state index contributed by atoms with van der Waals surface area (Å²) >= 11 is 1.72. The molecule has 1 N–H and O–H groups in total. The fourth-order valence-corrected chi connectivity index (χ4v) is 4.30. The summed E-state index contributed by atoms with van der Waals surface area (Å²) in [6, 6.07) is 17.0. The largest absolute Gasteiger partial charge is 0.493 e. The highest BCUT2D eigenvalue weighted by Gasteiger charge is 2.30. The SMILES string of the molecule is Cc1cccc(OCCSc2nnc(-c3c[nH]c4ccccc34)n2C2CC2)c1. The van der Waals surface area contributed by atoms with E-state index in [1.54, 1.807) is 11.8 Å². The van der Waals surface area contributed by atoms with Gasteiger partial charge in [-0.1, -0.05) is 42.1 Å². The second-order valence-electron chi connectivity index (χ2n) is 7.17. The van der Waals surface area contributed by atoms with Gasteiger partial charge < -0.3 is 9.72 Å². The molecule has 0 spiro atoms. The topological polar surface area (TPSA) is 55.7 Å². The summed E-state index contributed by atoms with van der Waals surface area (Å²) < 4.78 is 8.19. The Morgan fingerprint density at radius 1 is 1.14 bits per heavy atom. The number of hydrogen-bond donors (Lipinski definition) is 1. The van der Waals surface area contributed by atoms with Crippen molar-refractivity contribution in [2.45, 2.75) is 31.0 Å². The van der Waals surface area contributed by atoms with E-state index in [1.165, 1.54) is 23.8 Å². The molecule has 5 nitrogen and oxygen atoms in total. The van der Waals surface area contributed by atoms with Crippen molar-refractivity contribution in [1.29, 1.82) is 0 Å². The van der Waals surface area contributed by atoms with Crippen LogP contribution >= 0.6 is 11.8 Å². The molecular weight excluding hydrogens is 368 g/mol. The van der Waals surface area contributed by atoms with Gasteiger partial charge in [0.25, 0.3) is 0 Å². The molecule has 2 heterocycles. The van der Waals surface area contributed by atoms with Crippen LogP contribution in [-0.2, 0) is 0 Å². The van der Waals surface area contributed by atoms with E-state index in [0.717, 1.165) is 33.6 Å². The fraction of sp³-hybridized carbons (Fsp3) is 0.273. The van der Waals surface area contributed by atoms with Gasteiger partial charge in [0, 0.05) is 34.5 Å². The number of nitrogens with one attached hydrogen (secondary N) is 1. The number of fused-ring (bicyclic) bond motifs is 1. The van der Waals surface area contributed by atoms with Crippen molar-refractivity contribution < 1.29 is 4.74 Å². The number of para-hydroxylation sites is 1. The van der Waals surface area contributed by atoms with Crippen molar-refractivity contribution in [3.8, 4) is 17.1 Å². The quantitative estimate of drug-likeness (QED) is 0.346. The maximum atomic E-state index is 5.88. The van der Waals surface area contributed by atoms with Crippen molar-refractivity contribution >= 4 is 22.7 Å². The molecule has 0 saturated heterocycles. The Balaban J connectivity index is 1.33. The van der Waals surface area contributed by atoms with E-state index in [4.69, 9.17) is 4.74 Å². The molecule has 6 heteroatoms. The summed E-state index contributed by atoms with van der Waals surface area (Å²) in [5, 5.41) is 11.2. The van der Waals surface area contributed by atoms with Crippen LogP contribution in [0.4, 0.5) is 0 Å². The van der Waals surface area contributed by atoms with Crippen LogP contribution in [0.3, 0.4) is 0 Å². The second-order valence-corrected chi connectivity index (χ2v) is 8.23. The van der Waals surface area contributed by atoms with Gasteiger partial charge in [-0.05, 0) is 43.5 Å². The maximum absolute atomic E-state index is 5.88. The van der Waals surface area contributed by atoms with Crippen molar-refractivity contribution in [2.24, 2.45) is 0 Å². The summed E-state index contributed by atoms with van der Waals surface area (Å²) in [4.78, 5) is 3.35. The minimum atomic E-state index is 0.513. The molecule has 142 valence electrons. The van der Waals surface area contributed by atoms with E-state index >= 15 is 0 Å². The third-order valence-corrected chi connectivity index (χ3v) is 5.89. The molecule has 4 aromatic rings. The van der Waals surface area contributed by atoms with Crippen LogP contribution in [0.1, 0.15) is 24.4 Å². The highest BCUT2D eigenvalue weighted by molar-refractivity contribution is 7.99. The van der Waals surface area contributed by atoms with Gasteiger partial charge in [-0.2, -0.15) is 0 Å². The van der Waals surface area contributed by atoms with Gasteiger partial charge in [-0.15, -0.1) is 10.2 Å². The molecule has 1 fully saturated rings.